The quantitative estimate of drug-likeness (QED) is 0.377. The Bertz CT molecular complexity index is 1350. The van der Waals surface area contributed by atoms with Crippen molar-refractivity contribution < 1.29 is 0 Å². The molecule has 5 heteroatoms. The maximum Gasteiger partial charge on any atom is 0.130 e. The van der Waals surface area contributed by atoms with Crippen LogP contribution in [0.25, 0.3) is 22.6 Å². The molecule has 0 saturated carbocycles. The number of aromatic nitrogens is 3. The zero-order valence-electron chi connectivity index (χ0n) is 19.5. The SMILES string of the molecule is CC(C)c1ccccc1-c1nc(NCc2ccc(-c3ccccn3)nc2)c2c(c1C#N)CCC2. The van der Waals surface area contributed by atoms with Crippen molar-refractivity contribution in [3.05, 3.63) is 94.8 Å². The summed E-state index contributed by atoms with van der Waals surface area (Å²) >= 11 is 0. The van der Waals surface area contributed by atoms with Crippen LogP contribution < -0.4 is 5.32 Å². The van der Waals surface area contributed by atoms with Crippen molar-refractivity contribution in [2.75, 3.05) is 5.32 Å². The summed E-state index contributed by atoms with van der Waals surface area (Å²) in [6.07, 6.45) is 6.58. The van der Waals surface area contributed by atoms with E-state index in [1.54, 1.807) is 6.20 Å². The van der Waals surface area contributed by atoms with Crippen molar-refractivity contribution in [1.29, 1.82) is 5.26 Å². The molecule has 0 fully saturated rings. The number of nitrogens with zero attached hydrogens (tertiary/aromatic N) is 4. The maximum absolute atomic E-state index is 10.1. The predicted molar refractivity (Wildman–Crippen MR) is 135 cm³/mol. The van der Waals surface area contributed by atoms with Gasteiger partial charge >= 0.3 is 0 Å². The summed E-state index contributed by atoms with van der Waals surface area (Å²) in [5, 5.41) is 13.6. The zero-order valence-corrected chi connectivity index (χ0v) is 19.5. The summed E-state index contributed by atoms with van der Waals surface area (Å²) in [7, 11) is 0. The van der Waals surface area contributed by atoms with Crippen molar-refractivity contribution in [1.82, 2.24) is 15.0 Å². The van der Waals surface area contributed by atoms with Crippen LogP contribution >= 0.6 is 0 Å². The highest BCUT2D eigenvalue weighted by Crippen LogP contribution is 2.38. The molecule has 5 nitrogen and oxygen atoms in total. The van der Waals surface area contributed by atoms with Crippen LogP contribution in [0.1, 0.15) is 54.0 Å². The van der Waals surface area contributed by atoms with E-state index < -0.39 is 0 Å². The van der Waals surface area contributed by atoms with Crippen LogP contribution in [0.5, 0.6) is 0 Å². The molecular formula is C29H27N5. The van der Waals surface area contributed by atoms with Gasteiger partial charge in [-0.2, -0.15) is 5.26 Å². The average Bonchev–Trinajstić information content (AvgIpc) is 3.38. The van der Waals surface area contributed by atoms with Gasteiger partial charge in [-0.15, -0.1) is 0 Å². The number of nitrogens with one attached hydrogen (secondary N) is 1. The molecule has 5 rings (SSSR count). The number of hydrogen-bond donors (Lipinski definition) is 1. The molecule has 1 aromatic carbocycles. The minimum absolute atomic E-state index is 0.345. The van der Waals surface area contributed by atoms with Gasteiger partial charge in [-0.05, 0) is 65.6 Å². The Morgan fingerprint density at radius 1 is 0.941 bits per heavy atom. The fraction of sp³-hybridized carbons (Fsp3) is 0.241. The van der Waals surface area contributed by atoms with E-state index in [2.05, 4.69) is 59.5 Å². The molecular weight excluding hydrogens is 418 g/mol. The zero-order chi connectivity index (χ0) is 23.5. The lowest BCUT2D eigenvalue weighted by atomic mass is 9.91. The van der Waals surface area contributed by atoms with Gasteiger partial charge in [-0.25, -0.2) is 4.98 Å². The summed E-state index contributed by atoms with van der Waals surface area (Å²) in [6.45, 7) is 4.98. The van der Waals surface area contributed by atoms with Gasteiger partial charge in [0.25, 0.3) is 0 Å². The Morgan fingerprint density at radius 2 is 1.74 bits per heavy atom. The largest absolute Gasteiger partial charge is 0.366 e. The minimum Gasteiger partial charge on any atom is -0.366 e. The number of fused-ring (bicyclic) bond motifs is 1. The third kappa shape index (κ3) is 4.15. The molecule has 3 aromatic heterocycles. The molecule has 3 heterocycles. The Balaban J connectivity index is 1.48. The van der Waals surface area contributed by atoms with Gasteiger partial charge in [0.1, 0.15) is 11.9 Å². The molecule has 1 aliphatic rings. The smallest absolute Gasteiger partial charge is 0.130 e. The van der Waals surface area contributed by atoms with E-state index in [-0.39, 0.29) is 0 Å². The van der Waals surface area contributed by atoms with Gasteiger partial charge in [-0.3, -0.25) is 9.97 Å². The van der Waals surface area contributed by atoms with Gasteiger partial charge in [-0.1, -0.05) is 50.2 Å². The van der Waals surface area contributed by atoms with Gasteiger partial charge in [0.05, 0.1) is 22.6 Å². The van der Waals surface area contributed by atoms with Crippen LogP contribution in [-0.2, 0) is 19.4 Å². The number of pyridine rings is 3. The van der Waals surface area contributed by atoms with Gasteiger partial charge in [0.15, 0.2) is 0 Å². The molecule has 0 amide bonds. The first-order chi connectivity index (χ1) is 16.7. The van der Waals surface area contributed by atoms with E-state index in [1.807, 2.05) is 36.5 Å². The second kappa shape index (κ2) is 9.44. The third-order valence-corrected chi connectivity index (χ3v) is 6.43. The molecule has 0 saturated heterocycles. The van der Waals surface area contributed by atoms with Crippen molar-refractivity contribution in [2.45, 2.75) is 45.6 Å². The molecule has 0 spiro atoms. The van der Waals surface area contributed by atoms with Crippen molar-refractivity contribution in [3.63, 3.8) is 0 Å². The highest BCUT2D eigenvalue weighted by atomic mass is 15.0. The van der Waals surface area contributed by atoms with Crippen molar-refractivity contribution in [3.8, 4) is 28.7 Å². The molecule has 168 valence electrons. The second-order valence-corrected chi connectivity index (χ2v) is 8.97. The van der Waals surface area contributed by atoms with Crippen molar-refractivity contribution >= 4 is 5.82 Å². The van der Waals surface area contributed by atoms with E-state index in [9.17, 15) is 5.26 Å². The minimum atomic E-state index is 0.345. The van der Waals surface area contributed by atoms with E-state index in [1.165, 1.54) is 11.1 Å². The fourth-order valence-corrected chi connectivity index (χ4v) is 4.72. The fourth-order valence-electron chi connectivity index (χ4n) is 4.72. The molecule has 0 unspecified atom stereocenters. The summed E-state index contributed by atoms with van der Waals surface area (Å²) in [5.41, 5.74) is 8.90. The van der Waals surface area contributed by atoms with Crippen LogP contribution in [0, 0.1) is 11.3 Å². The van der Waals surface area contributed by atoms with E-state index in [4.69, 9.17) is 4.98 Å². The molecule has 34 heavy (non-hydrogen) atoms. The summed E-state index contributed by atoms with van der Waals surface area (Å²) in [4.78, 5) is 14.0. The molecule has 0 aliphatic heterocycles. The molecule has 0 atom stereocenters. The highest BCUT2D eigenvalue weighted by Gasteiger charge is 2.25. The molecule has 4 aromatic rings. The molecule has 1 aliphatic carbocycles. The summed E-state index contributed by atoms with van der Waals surface area (Å²) in [5.74, 6) is 1.23. The lowest BCUT2D eigenvalue weighted by Gasteiger charge is -2.18. The number of anilines is 1. The first kappa shape index (κ1) is 21.8. The standard InChI is InChI=1S/C29H27N5/c1-19(2)21-8-3-4-9-23(21)28-25(16-30)22-10-7-11-24(22)29(34-28)33-18-20-13-14-27(32-17-20)26-12-5-6-15-31-26/h3-6,8-9,12-15,17,19H,7,10-11,18H2,1-2H3,(H,33,34). The Kier molecular flexibility index (Phi) is 6.05. The van der Waals surface area contributed by atoms with Crippen LogP contribution in [0.4, 0.5) is 5.82 Å². The average molecular weight is 446 g/mol. The van der Waals surface area contributed by atoms with Crippen LogP contribution in [-0.4, -0.2) is 15.0 Å². The summed E-state index contributed by atoms with van der Waals surface area (Å²) in [6, 6.07) is 20.7. The number of hydrogen-bond acceptors (Lipinski definition) is 5. The maximum atomic E-state index is 10.1. The Hall–Kier alpha value is -4.04. The molecule has 0 radical (unpaired) electrons. The van der Waals surface area contributed by atoms with Crippen LogP contribution in [0.2, 0.25) is 0 Å². The topological polar surface area (TPSA) is 74.5 Å². The summed E-state index contributed by atoms with van der Waals surface area (Å²) < 4.78 is 0. The van der Waals surface area contributed by atoms with Crippen LogP contribution in [0.15, 0.2) is 67.0 Å². The van der Waals surface area contributed by atoms with E-state index >= 15 is 0 Å². The second-order valence-electron chi connectivity index (χ2n) is 8.97. The number of benzene rings is 1. The Labute approximate surface area is 200 Å². The number of nitriles is 1. The van der Waals surface area contributed by atoms with Crippen LogP contribution in [0.3, 0.4) is 0 Å². The first-order valence-corrected chi connectivity index (χ1v) is 11.8. The van der Waals surface area contributed by atoms with E-state index in [0.717, 1.165) is 64.4 Å². The number of rotatable bonds is 6. The van der Waals surface area contributed by atoms with E-state index in [0.29, 0.717) is 12.5 Å². The normalized spacial score (nSPS) is 12.4. The lowest BCUT2D eigenvalue weighted by molar-refractivity contribution is 0.867. The van der Waals surface area contributed by atoms with Crippen molar-refractivity contribution in [2.24, 2.45) is 0 Å². The monoisotopic (exact) mass is 445 g/mol. The van der Waals surface area contributed by atoms with Gasteiger partial charge in [0.2, 0.25) is 0 Å². The lowest BCUT2D eigenvalue weighted by Crippen LogP contribution is -2.09. The molecule has 1 N–H and O–H groups in total. The third-order valence-electron chi connectivity index (χ3n) is 6.43. The van der Waals surface area contributed by atoms with Gasteiger partial charge < -0.3 is 5.32 Å². The molecule has 0 bridgehead atoms. The Morgan fingerprint density at radius 3 is 2.47 bits per heavy atom. The highest BCUT2D eigenvalue weighted by molar-refractivity contribution is 5.76. The first-order valence-electron chi connectivity index (χ1n) is 11.8. The predicted octanol–water partition coefficient (Wildman–Crippen LogP) is 6.30. The van der Waals surface area contributed by atoms with Gasteiger partial charge in [0, 0.05) is 24.5 Å².